The number of halogens is 1. The van der Waals surface area contributed by atoms with E-state index in [-0.39, 0.29) is 4.90 Å². The molecule has 0 amide bonds. The van der Waals surface area contributed by atoms with Crippen LogP contribution in [0.3, 0.4) is 0 Å². The zero-order valence-corrected chi connectivity index (χ0v) is 14.5. The van der Waals surface area contributed by atoms with E-state index >= 15 is 0 Å². The van der Waals surface area contributed by atoms with Crippen molar-refractivity contribution < 1.29 is 13.2 Å². The molecule has 0 bridgehead atoms. The van der Waals surface area contributed by atoms with Crippen molar-refractivity contribution in [3.8, 4) is 5.75 Å². The van der Waals surface area contributed by atoms with Gasteiger partial charge in [0.25, 0.3) is 10.0 Å². The number of nitrogens with zero attached hydrogens (tertiary/aromatic N) is 1. The molecule has 0 radical (unpaired) electrons. The zero-order valence-electron chi connectivity index (χ0n) is 12.1. The molecule has 0 aromatic heterocycles. The van der Waals surface area contributed by atoms with Crippen LogP contribution in [0.25, 0.3) is 0 Å². The molecule has 0 fully saturated rings. The van der Waals surface area contributed by atoms with Gasteiger partial charge in [0.2, 0.25) is 0 Å². The number of hydrogen-bond donors (Lipinski definition) is 1. The molecule has 0 aliphatic heterocycles. The van der Waals surface area contributed by atoms with Crippen LogP contribution in [-0.2, 0) is 10.0 Å². The maximum atomic E-state index is 12.2. The van der Waals surface area contributed by atoms with Gasteiger partial charge in [0.1, 0.15) is 5.75 Å². The largest absolute Gasteiger partial charge is 0.497 e. The first kappa shape index (κ1) is 16.5. The van der Waals surface area contributed by atoms with Gasteiger partial charge in [0.05, 0.1) is 17.7 Å². The van der Waals surface area contributed by atoms with Crippen LogP contribution in [0, 0.1) is 0 Å². The van der Waals surface area contributed by atoms with Gasteiger partial charge in [-0.3, -0.25) is 0 Å². The Morgan fingerprint density at radius 2 is 1.68 bits per heavy atom. The molecular weight excluding hydrogens is 368 g/mol. The van der Waals surface area contributed by atoms with E-state index in [9.17, 15) is 8.42 Å². The zero-order chi connectivity index (χ0) is 16.2. The lowest BCUT2D eigenvalue weighted by atomic mass is 10.1. The Kier molecular flexibility index (Phi) is 5.20. The highest BCUT2D eigenvalue weighted by Crippen LogP contribution is 2.15. The standard InChI is InChI=1S/C15H15BrN2O3S/c1-11(12-3-5-13(16)6-4-12)17-18-22(19,20)15-9-7-14(21-2)8-10-15/h3-10,18H,1-2H3/b17-11-. The minimum Gasteiger partial charge on any atom is -0.497 e. The number of methoxy groups -OCH3 is 1. The maximum absolute atomic E-state index is 12.2. The number of hydrogen-bond acceptors (Lipinski definition) is 4. The summed E-state index contributed by atoms with van der Waals surface area (Å²) in [5, 5.41) is 3.95. The second-order valence-electron chi connectivity index (χ2n) is 4.47. The summed E-state index contributed by atoms with van der Waals surface area (Å²) in [5.41, 5.74) is 1.41. The molecule has 0 aliphatic rings. The highest BCUT2D eigenvalue weighted by atomic mass is 79.9. The predicted octanol–water partition coefficient (Wildman–Crippen LogP) is 3.16. The van der Waals surface area contributed by atoms with Gasteiger partial charge in [0.15, 0.2) is 0 Å². The lowest BCUT2D eigenvalue weighted by molar-refractivity contribution is 0.414. The van der Waals surface area contributed by atoms with Crippen LogP contribution in [0.5, 0.6) is 5.75 Å². The van der Waals surface area contributed by atoms with Gasteiger partial charge in [-0.1, -0.05) is 28.1 Å². The molecule has 0 unspecified atom stereocenters. The fraction of sp³-hybridized carbons (Fsp3) is 0.133. The van der Waals surface area contributed by atoms with Crippen molar-refractivity contribution in [2.45, 2.75) is 11.8 Å². The predicted molar refractivity (Wildman–Crippen MR) is 89.7 cm³/mol. The Labute approximate surface area is 138 Å². The second-order valence-corrected chi connectivity index (χ2v) is 7.05. The van der Waals surface area contributed by atoms with Gasteiger partial charge in [-0.15, -0.1) is 0 Å². The molecule has 1 N–H and O–H groups in total. The molecule has 0 saturated heterocycles. The minimum atomic E-state index is -3.70. The van der Waals surface area contributed by atoms with Crippen molar-refractivity contribution in [2.24, 2.45) is 5.10 Å². The smallest absolute Gasteiger partial charge is 0.276 e. The van der Waals surface area contributed by atoms with Gasteiger partial charge in [0, 0.05) is 4.47 Å². The van der Waals surface area contributed by atoms with Crippen LogP contribution in [0.15, 0.2) is 63.0 Å². The molecule has 116 valence electrons. The normalized spacial score (nSPS) is 12.0. The van der Waals surface area contributed by atoms with Crippen LogP contribution < -0.4 is 9.57 Å². The Hall–Kier alpha value is -1.86. The van der Waals surface area contributed by atoms with Crippen molar-refractivity contribution in [2.75, 3.05) is 7.11 Å². The monoisotopic (exact) mass is 382 g/mol. The molecule has 0 saturated carbocycles. The van der Waals surface area contributed by atoms with Crippen molar-refractivity contribution in [3.05, 3.63) is 58.6 Å². The van der Waals surface area contributed by atoms with Crippen molar-refractivity contribution >= 4 is 31.7 Å². The van der Waals surface area contributed by atoms with E-state index in [4.69, 9.17) is 4.74 Å². The molecule has 2 aromatic carbocycles. The van der Waals surface area contributed by atoms with Gasteiger partial charge >= 0.3 is 0 Å². The van der Waals surface area contributed by atoms with E-state index in [1.807, 2.05) is 24.3 Å². The Bertz CT molecular complexity index is 769. The van der Waals surface area contributed by atoms with Gasteiger partial charge in [-0.05, 0) is 48.9 Å². The molecule has 5 nitrogen and oxygen atoms in total. The Morgan fingerprint density at radius 1 is 1.09 bits per heavy atom. The van der Waals surface area contributed by atoms with Gasteiger partial charge < -0.3 is 4.74 Å². The van der Waals surface area contributed by atoms with E-state index < -0.39 is 10.0 Å². The maximum Gasteiger partial charge on any atom is 0.276 e. The fourth-order valence-corrected chi connectivity index (χ4v) is 2.81. The van der Waals surface area contributed by atoms with E-state index in [0.717, 1.165) is 10.0 Å². The van der Waals surface area contributed by atoms with E-state index in [0.29, 0.717) is 11.5 Å². The highest BCUT2D eigenvalue weighted by Gasteiger charge is 2.13. The number of nitrogens with one attached hydrogen (secondary N) is 1. The summed E-state index contributed by atoms with van der Waals surface area (Å²) in [7, 11) is -2.18. The summed E-state index contributed by atoms with van der Waals surface area (Å²) in [6.45, 7) is 1.74. The lowest BCUT2D eigenvalue weighted by Crippen LogP contribution is -2.19. The first-order valence-electron chi connectivity index (χ1n) is 6.38. The van der Waals surface area contributed by atoms with Crippen LogP contribution in [0.1, 0.15) is 12.5 Å². The van der Waals surface area contributed by atoms with Crippen LogP contribution in [-0.4, -0.2) is 21.2 Å². The van der Waals surface area contributed by atoms with Gasteiger partial charge in [-0.2, -0.15) is 18.4 Å². The van der Waals surface area contributed by atoms with E-state index in [2.05, 4.69) is 25.9 Å². The summed E-state index contributed by atoms with van der Waals surface area (Å²) in [5.74, 6) is 0.591. The first-order valence-corrected chi connectivity index (χ1v) is 8.66. The summed E-state index contributed by atoms with van der Waals surface area (Å²) >= 11 is 3.35. The van der Waals surface area contributed by atoms with Gasteiger partial charge in [-0.25, -0.2) is 0 Å². The third-order valence-corrected chi connectivity index (χ3v) is 4.72. The number of rotatable bonds is 5. The number of ether oxygens (including phenoxy) is 1. The minimum absolute atomic E-state index is 0.126. The average Bonchev–Trinajstić information content (AvgIpc) is 2.53. The number of sulfonamides is 1. The number of hydrazone groups is 1. The topological polar surface area (TPSA) is 67.8 Å². The molecule has 7 heteroatoms. The third-order valence-electron chi connectivity index (χ3n) is 2.97. The molecular formula is C15H15BrN2O3S. The molecule has 2 rings (SSSR count). The first-order chi connectivity index (χ1) is 10.4. The second kappa shape index (κ2) is 6.93. The van der Waals surface area contributed by atoms with Crippen molar-refractivity contribution in [1.29, 1.82) is 0 Å². The molecule has 0 atom stereocenters. The van der Waals surface area contributed by atoms with Crippen molar-refractivity contribution in [1.82, 2.24) is 4.83 Å². The van der Waals surface area contributed by atoms with Crippen LogP contribution >= 0.6 is 15.9 Å². The quantitative estimate of drug-likeness (QED) is 0.637. The molecule has 2 aromatic rings. The molecule has 0 heterocycles. The van der Waals surface area contributed by atoms with Crippen LogP contribution in [0.2, 0.25) is 0 Å². The van der Waals surface area contributed by atoms with Crippen molar-refractivity contribution in [3.63, 3.8) is 0 Å². The molecule has 0 spiro atoms. The molecule has 0 aliphatic carbocycles. The average molecular weight is 383 g/mol. The SMILES string of the molecule is COc1ccc(S(=O)(=O)N/N=C(/C)c2ccc(Br)cc2)cc1. The highest BCUT2D eigenvalue weighted by molar-refractivity contribution is 9.10. The number of benzene rings is 2. The third kappa shape index (κ3) is 4.08. The summed E-state index contributed by atoms with van der Waals surface area (Å²) < 4.78 is 30.3. The van der Waals surface area contributed by atoms with E-state index in [1.54, 1.807) is 19.1 Å². The summed E-state index contributed by atoms with van der Waals surface area (Å²) in [6.07, 6.45) is 0. The fourth-order valence-electron chi connectivity index (χ4n) is 1.69. The van der Waals surface area contributed by atoms with E-state index in [1.165, 1.54) is 19.2 Å². The molecule has 22 heavy (non-hydrogen) atoms. The summed E-state index contributed by atoms with van der Waals surface area (Å²) in [6, 6.07) is 13.5. The van der Waals surface area contributed by atoms with Crippen LogP contribution in [0.4, 0.5) is 0 Å². The Balaban J connectivity index is 2.17. The summed E-state index contributed by atoms with van der Waals surface area (Å²) in [4.78, 5) is 2.36. The Morgan fingerprint density at radius 3 is 2.23 bits per heavy atom. The lowest BCUT2D eigenvalue weighted by Gasteiger charge is -2.06.